The second kappa shape index (κ2) is 9.60. The first-order chi connectivity index (χ1) is 16.9. The normalized spacial score (nSPS) is 12.0. The van der Waals surface area contributed by atoms with Crippen LogP contribution in [0.1, 0.15) is 24.2 Å². The largest absolute Gasteiger partial charge is 0.459 e. The zero-order valence-corrected chi connectivity index (χ0v) is 20.9. The van der Waals surface area contributed by atoms with Crippen LogP contribution in [0.2, 0.25) is 0 Å². The number of primary sulfonamides is 1. The van der Waals surface area contributed by atoms with Crippen molar-refractivity contribution in [1.82, 2.24) is 9.97 Å². The molecule has 0 aliphatic carbocycles. The number of nitrogens with two attached hydrogens (primary N) is 1. The molecular formula is C23H23N5O6S2. The number of imidazole rings is 1. The summed E-state index contributed by atoms with van der Waals surface area (Å²) in [6, 6.07) is 16.1. The molecule has 5 N–H and O–H groups in total. The molecule has 0 radical (unpaired) electrons. The molecule has 4 rings (SSSR count). The standard InChI is InChI=1S/C23H23N5O6S2/c1-14(2)34-22(29)15-3-5-17(6-4-15)28-36(32,33)19-11-12-20-21(13-19)27-23(26-20)25-16-7-9-18(10-8-16)35(24,30)31/h3-14,28H,1-2H3,(H2,24,30,31)(H2,25,26,27). The quantitative estimate of drug-likeness (QED) is 0.252. The van der Waals surface area contributed by atoms with Gasteiger partial charge in [0.2, 0.25) is 16.0 Å². The minimum absolute atomic E-state index is 0.00570. The maximum atomic E-state index is 12.9. The fourth-order valence-corrected chi connectivity index (χ4v) is 4.84. The van der Waals surface area contributed by atoms with E-state index in [9.17, 15) is 21.6 Å². The molecule has 4 aromatic rings. The molecule has 0 saturated carbocycles. The fourth-order valence-electron chi connectivity index (χ4n) is 3.25. The molecule has 0 aliphatic heterocycles. The van der Waals surface area contributed by atoms with E-state index in [1.165, 1.54) is 60.7 Å². The minimum atomic E-state index is -3.93. The number of nitrogens with one attached hydrogen (secondary N) is 3. The van der Waals surface area contributed by atoms with Crippen molar-refractivity contribution in [2.45, 2.75) is 29.7 Å². The Morgan fingerprint density at radius 3 is 2.14 bits per heavy atom. The predicted molar refractivity (Wildman–Crippen MR) is 135 cm³/mol. The highest BCUT2D eigenvalue weighted by Crippen LogP contribution is 2.24. The Morgan fingerprint density at radius 1 is 0.917 bits per heavy atom. The number of benzene rings is 3. The van der Waals surface area contributed by atoms with E-state index < -0.39 is 26.0 Å². The highest BCUT2D eigenvalue weighted by Gasteiger charge is 2.17. The van der Waals surface area contributed by atoms with Crippen molar-refractivity contribution in [3.8, 4) is 0 Å². The summed E-state index contributed by atoms with van der Waals surface area (Å²) in [4.78, 5) is 19.3. The average molecular weight is 530 g/mol. The molecule has 1 aromatic heterocycles. The summed E-state index contributed by atoms with van der Waals surface area (Å²) >= 11 is 0. The third-order valence-electron chi connectivity index (χ3n) is 4.93. The molecule has 0 fully saturated rings. The van der Waals surface area contributed by atoms with Crippen molar-refractivity contribution in [3.63, 3.8) is 0 Å². The highest BCUT2D eigenvalue weighted by molar-refractivity contribution is 7.92. The van der Waals surface area contributed by atoms with E-state index in [0.29, 0.717) is 28.2 Å². The van der Waals surface area contributed by atoms with Crippen LogP contribution >= 0.6 is 0 Å². The van der Waals surface area contributed by atoms with Gasteiger partial charge in [-0.15, -0.1) is 0 Å². The second-order valence-corrected chi connectivity index (χ2v) is 11.3. The van der Waals surface area contributed by atoms with E-state index in [2.05, 4.69) is 20.0 Å². The maximum Gasteiger partial charge on any atom is 0.338 e. The van der Waals surface area contributed by atoms with Gasteiger partial charge in [0.25, 0.3) is 10.0 Å². The number of fused-ring (bicyclic) bond motifs is 1. The van der Waals surface area contributed by atoms with E-state index in [0.717, 1.165) is 0 Å². The first-order valence-corrected chi connectivity index (χ1v) is 13.7. The Balaban J connectivity index is 1.50. The number of aromatic nitrogens is 2. The van der Waals surface area contributed by atoms with Crippen molar-refractivity contribution in [1.29, 1.82) is 0 Å². The minimum Gasteiger partial charge on any atom is -0.459 e. The number of ether oxygens (including phenoxy) is 1. The molecular weight excluding hydrogens is 506 g/mol. The zero-order valence-electron chi connectivity index (χ0n) is 19.2. The number of sulfonamides is 2. The molecule has 0 atom stereocenters. The van der Waals surface area contributed by atoms with E-state index in [1.54, 1.807) is 19.9 Å². The number of aromatic amines is 1. The molecule has 36 heavy (non-hydrogen) atoms. The van der Waals surface area contributed by atoms with Crippen molar-refractivity contribution < 1.29 is 26.4 Å². The van der Waals surface area contributed by atoms with Gasteiger partial charge in [0.1, 0.15) is 0 Å². The Hall–Kier alpha value is -3.94. The van der Waals surface area contributed by atoms with Gasteiger partial charge in [-0.3, -0.25) is 4.72 Å². The molecule has 11 nitrogen and oxygen atoms in total. The van der Waals surface area contributed by atoms with Crippen molar-refractivity contribution >= 4 is 54.4 Å². The van der Waals surface area contributed by atoms with Crippen LogP contribution in [0.25, 0.3) is 11.0 Å². The third-order valence-corrected chi connectivity index (χ3v) is 7.23. The number of carbonyl (C=O) groups is 1. The number of nitrogens with zero attached hydrogens (tertiary/aromatic N) is 1. The van der Waals surface area contributed by atoms with Gasteiger partial charge in [0.05, 0.1) is 32.5 Å². The summed E-state index contributed by atoms with van der Waals surface area (Å²) in [6.07, 6.45) is -0.265. The number of hydrogen-bond acceptors (Lipinski definition) is 8. The summed E-state index contributed by atoms with van der Waals surface area (Å²) < 4.78 is 56.2. The number of esters is 1. The van der Waals surface area contributed by atoms with Crippen molar-refractivity contribution in [2.24, 2.45) is 5.14 Å². The average Bonchev–Trinajstić information content (AvgIpc) is 3.20. The van der Waals surface area contributed by atoms with Gasteiger partial charge in [0.15, 0.2) is 0 Å². The molecule has 188 valence electrons. The van der Waals surface area contributed by atoms with Crippen LogP contribution in [0.15, 0.2) is 76.5 Å². The number of hydrogen-bond donors (Lipinski definition) is 4. The van der Waals surface area contributed by atoms with Gasteiger partial charge in [-0.25, -0.2) is 31.8 Å². The molecule has 13 heteroatoms. The van der Waals surface area contributed by atoms with Crippen LogP contribution in [-0.2, 0) is 24.8 Å². The highest BCUT2D eigenvalue weighted by atomic mass is 32.2. The van der Waals surface area contributed by atoms with Crippen molar-refractivity contribution in [2.75, 3.05) is 10.0 Å². The summed E-state index contributed by atoms with van der Waals surface area (Å²) in [5, 5.41) is 8.09. The third kappa shape index (κ3) is 5.82. The lowest BCUT2D eigenvalue weighted by Gasteiger charge is -2.10. The Labute approximate surface area is 207 Å². The number of H-pyrrole nitrogens is 1. The SMILES string of the molecule is CC(C)OC(=O)c1ccc(NS(=O)(=O)c2ccc3[nH]c(Nc4ccc(S(N)(=O)=O)cc4)nc3c2)cc1. The summed E-state index contributed by atoms with van der Waals surface area (Å²) in [7, 11) is -7.73. The van der Waals surface area contributed by atoms with Crippen LogP contribution in [-0.4, -0.2) is 38.9 Å². The van der Waals surface area contributed by atoms with Crippen LogP contribution in [0.3, 0.4) is 0 Å². The smallest absolute Gasteiger partial charge is 0.338 e. The van der Waals surface area contributed by atoms with Crippen LogP contribution in [0.4, 0.5) is 17.3 Å². The zero-order chi connectivity index (χ0) is 26.1. The first-order valence-electron chi connectivity index (χ1n) is 10.6. The van der Waals surface area contributed by atoms with Gasteiger partial charge in [-0.2, -0.15) is 0 Å². The molecule has 0 bridgehead atoms. The van der Waals surface area contributed by atoms with Gasteiger partial charge in [-0.05, 0) is 80.6 Å². The topological polar surface area (TPSA) is 173 Å². The van der Waals surface area contributed by atoms with Gasteiger partial charge >= 0.3 is 5.97 Å². The van der Waals surface area contributed by atoms with E-state index in [1.807, 2.05) is 0 Å². The van der Waals surface area contributed by atoms with Crippen LogP contribution < -0.4 is 15.2 Å². The Kier molecular flexibility index (Phi) is 6.71. The maximum absolute atomic E-state index is 12.9. The Morgan fingerprint density at radius 2 is 1.53 bits per heavy atom. The van der Waals surface area contributed by atoms with Gasteiger partial charge in [-0.1, -0.05) is 0 Å². The molecule has 0 spiro atoms. The van der Waals surface area contributed by atoms with Gasteiger partial charge < -0.3 is 15.0 Å². The molecule has 0 amide bonds. The predicted octanol–water partition coefficient (Wildman–Crippen LogP) is 3.32. The number of rotatable bonds is 8. The first kappa shape index (κ1) is 25.2. The summed E-state index contributed by atoms with van der Waals surface area (Å²) in [5.41, 5.74) is 2.13. The molecule has 0 saturated heterocycles. The number of carbonyl (C=O) groups excluding carboxylic acids is 1. The lowest BCUT2D eigenvalue weighted by molar-refractivity contribution is 0.0378. The molecule has 0 aliphatic rings. The van der Waals surface area contributed by atoms with E-state index in [-0.39, 0.29) is 21.6 Å². The lowest BCUT2D eigenvalue weighted by Crippen LogP contribution is -2.14. The molecule has 1 heterocycles. The number of anilines is 3. The van der Waals surface area contributed by atoms with E-state index >= 15 is 0 Å². The van der Waals surface area contributed by atoms with Crippen molar-refractivity contribution in [3.05, 3.63) is 72.3 Å². The van der Waals surface area contributed by atoms with Crippen LogP contribution in [0.5, 0.6) is 0 Å². The summed E-state index contributed by atoms with van der Waals surface area (Å²) in [5.74, 6) is -0.159. The lowest BCUT2D eigenvalue weighted by atomic mass is 10.2. The van der Waals surface area contributed by atoms with Crippen LogP contribution in [0, 0.1) is 0 Å². The second-order valence-electron chi connectivity index (χ2n) is 8.10. The summed E-state index contributed by atoms with van der Waals surface area (Å²) in [6.45, 7) is 3.48. The Bertz CT molecular complexity index is 1630. The monoisotopic (exact) mass is 529 g/mol. The van der Waals surface area contributed by atoms with E-state index in [4.69, 9.17) is 9.88 Å². The van der Waals surface area contributed by atoms with Gasteiger partial charge in [0, 0.05) is 11.4 Å². The molecule has 3 aromatic carbocycles. The fraction of sp³-hybridized carbons (Fsp3) is 0.130. The molecule has 0 unspecified atom stereocenters.